The SMILES string of the molecule is CC(=O)NC(=O)[C@H](CCCN=C(N)N)NC(=O)[C@H](C)NC(=O)CNC(=O)[C@H](CCCN=C(N)N)NCCN1CCN(CCCCC2CCN(CC(=O)N3c4ccccc4NC(=O)c4ccccc43)CC2)CC1. The first kappa shape index (κ1) is 56.2. The van der Waals surface area contributed by atoms with Gasteiger partial charge in [0.1, 0.15) is 12.1 Å². The standard InChI is InChI=1S/C49H76N16O7/c1-33(44(69)61-39(47(72)59-34(2)66)15-10-21-56-49(52)53)58-42(67)31-57-46(71)38(14-9-20-55-48(50)51)54-22-26-63-29-27-62(28-30-63)23-8-7-11-35-18-24-64(25-19-35)32-43(68)65-40-16-5-3-12-36(40)45(70)60-37-13-4-6-17-41(37)65/h3-6,12-13,16-17,33,35,38-39,54H,7-11,14-15,18-32H2,1-2H3,(H,57,71)(H,58,67)(H,60,70)(H,61,69)(H4,50,51,55)(H4,52,53,56)(H,59,66,72)/t33-,38-,39-/m0/s1. The summed E-state index contributed by atoms with van der Waals surface area (Å²) in [6.07, 6.45) is 6.96. The fraction of sp³-hybridized carbons (Fsp3) is 0.571. The van der Waals surface area contributed by atoms with Crippen molar-refractivity contribution in [3.63, 3.8) is 0 Å². The number of piperidine rings is 1. The minimum Gasteiger partial charge on any atom is -0.370 e. The number of fused-ring (bicyclic) bond motifs is 2. The van der Waals surface area contributed by atoms with E-state index in [1.165, 1.54) is 20.3 Å². The van der Waals surface area contributed by atoms with Crippen molar-refractivity contribution in [1.82, 2.24) is 41.3 Å². The maximum Gasteiger partial charge on any atom is 0.257 e. The number of aliphatic imine (C=N–C) groups is 2. The minimum absolute atomic E-state index is 0.0418. The van der Waals surface area contributed by atoms with Gasteiger partial charge in [0.05, 0.1) is 41.8 Å². The number of carbonyl (C=O) groups excluding carboxylic acids is 7. The molecule has 2 aromatic carbocycles. The Morgan fingerprint density at radius 3 is 1.97 bits per heavy atom. The molecule has 0 radical (unpaired) electrons. The van der Waals surface area contributed by atoms with E-state index in [4.69, 9.17) is 22.9 Å². The van der Waals surface area contributed by atoms with E-state index in [2.05, 4.69) is 56.6 Å². The van der Waals surface area contributed by atoms with Gasteiger partial charge in [-0.1, -0.05) is 37.1 Å². The van der Waals surface area contributed by atoms with Crippen LogP contribution in [0.15, 0.2) is 58.5 Å². The molecular formula is C49H76N16O7. The molecule has 3 aliphatic rings. The Balaban J connectivity index is 0.970. The van der Waals surface area contributed by atoms with Gasteiger partial charge in [0.15, 0.2) is 11.9 Å². The van der Waals surface area contributed by atoms with Gasteiger partial charge in [-0.15, -0.1) is 0 Å². The number of nitrogens with two attached hydrogens (primary N) is 4. The number of piperazine rings is 1. The lowest BCUT2D eigenvalue weighted by Gasteiger charge is -2.35. The molecular weight excluding hydrogens is 925 g/mol. The molecule has 394 valence electrons. The van der Waals surface area contributed by atoms with Gasteiger partial charge in [0.25, 0.3) is 5.91 Å². The summed E-state index contributed by atoms with van der Waals surface area (Å²) in [7, 11) is 0. The number of nitrogens with one attached hydrogen (secondary N) is 6. The van der Waals surface area contributed by atoms with E-state index in [-0.39, 0.29) is 43.2 Å². The Hall–Kier alpha value is -6.69. The second-order valence-corrected chi connectivity index (χ2v) is 18.6. The first-order valence-electron chi connectivity index (χ1n) is 25.1. The summed E-state index contributed by atoms with van der Waals surface area (Å²) in [5.74, 6) is -2.78. The van der Waals surface area contributed by atoms with Crippen molar-refractivity contribution in [2.45, 2.75) is 89.8 Å². The van der Waals surface area contributed by atoms with Crippen LogP contribution < -0.4 is 59.7 Å². The maximum absolute atomic E-state index is 13.9. The highest BCUT2D eigenvalue weighted by Gasteiger charge is 2.31. The number of anilines is 3. The van der Waals surface area contributed by atoms with E-state index in [1.807, 2.05) is 42.5 Å². The third kappa shape index (κ3) is 18.5. The summed E-state index contributed by atoms with van der Waals surface area (Å²) in [6, 6.07) is 11.9. The Morgan fingerprint density at radius 2 is 1.32 bits per heavy atom. The number of likely N-dealkylation sites (tertiary alicyclic amines) is 1. The fourth-order valence-electron chi connectivity index (χ4n) is 9.13. The highest BCUT2D eigenvalue weighted by molar-refractivity contribution is 6.18. The van der Waals surface area contributed by atoms with Crippen LogP contribution in [0.25, 0.3) is 0 Å². The molecule has 0 bridgehead atoms. The van der Waals surface area contributed by atoms with E-state index < -0.39 is 54.2 Å². The Kier molecular flexibility index (Phi) is 22.6. The highest BCUT2D eigenvalue weighted by Crippen LogP contribution is 2.38. The molecule has 7 amide bonds. The molecule has 0 unspecified atom stereocenters. The lowest BCUT2D eigenvalue weighted by atomic mass is 9.91. The highest BCUT2D eigenvalue weighted by atomic mass is 16.2. The Bertz CT molecular complexity index is 2220. The summed E-state index contributed by atoms with van der Waals surface area (Å²) in [5.41, 5.74) is 24.1. The van der Waals surface area contributed by atoms with Gasteiger partial charge in [0.2, 0.25) is 35.4 Å². The van der Waals surface area contributed by atoms with E-state index in [0.717, 1.165) is 78.0 Å². The molecule has 5 rings (SSSR count). The number of guanidine groups is 2. The van der Waals surface area contributed by atoms with Crippen LogP contribution in [0, 0.1) is 5.92 Å². The summed E-state index contributed by atoms with van der Waals surface area (Å²) >= 11 is 0. The first-order valence-corrected chi connectivity index (χ1v) is 25.1. The smallest absolute Gasteiger partial charge is 0.257 e. The molecule has 72 heavy (non-hydrogen) atoms. The zero-order chi connectivity index (χ0) is 52.0. The number of rotatable bonds is 26. The average Bonchev–Trinajstić information content (AvgIpc) is 3.47. The normalized spacial score (nSPS) is 16.6. The van der Waals surface area contributed by atoms with Crippen molar-refractivity contribution >= 4 is 70.3 Å². The lowest BCUT2D eigenvalue weighted by molar-refractivity contribution is -0.134. The van der Waals surface area contributed by atoms with E-state index in [0.29, 0.717) is 60.9 Å². The van der Waals surface area contributed by atoms with Crippen molar-refractivity contribution in [3.8, 4) is 0 Å². The Labute approximate surface area is 422 Å². The second-order valence-electron chi connectivity index (χ2n) is 18.6. The number of imide groups is 1. The fourth-order valence-corrected chi connectivity index (χ4v) is 9.13. The summed E-state index contributed by atoms with van der Waals surface area (Å²) in [6.45, 7) is 10.8. The number of nitrogens with zero attached hydrogens (tertiary/aromatic N) is 6. The van der Waals surface area contributed by atoms with Gasteiger partial charge < -0.3 is 54.4 Å². The van der Waals surface area contributed by atoms with Gasteiger partial charge in [-0.3, -0.25) is 63.6 Å². The van der Waals surface area contributed by atoms with E-state index in [9.17, 15) is 33.6 Å². The van der Waals surface area contributed by atoms with Crippen LogP contribution in [0.4, 0.5) is 17.1 Å². The molecule has 2 aromatic rings. The van der Waals surface area contributed by atoms with Crippen LogP contribution in [-0.4, -0.2) is 171 Å². The number of carbonyl (C=O) groups is 7. The zero-order valence-corrected chi connectivity index (χ0v) is 41.8. The number of para-hydroxylation sites is 3. The molecule has 0 spiro atoms. The van der Waals surface area contributed by atoms with Gasteiger partial charge >= 0.3 is 0 Å². The third-order valence-electron chi connectivity index (χ3n) is 13.1. The lowest BCUT2D eigenvalue weighted by Crippen LogP contribution is -2.55. The van der Waals surface area contributed by atoms with Gasteiger partial charge in [-0.05, 0) is 102 Å². The molecule has 0 saturated carbocycles. The molecule has 0 aliphatic carbocycles. The van der Waals surface area contributed by atoms with Crippen molar-refractivity contribution in [2.75, 3.05) is 95.3 Å². The van der Waals surface area contributed by atoms with Crippen LogP contribution in [0.2, 0.25) is 0 Å². The van der Waals surface area contributed by atoms with Crippen LogP contribution in [0.1, 0.15) is 82.0 Å². The van der Waals surface area contributed by atoms with Crippen molar-refractivity contribution in [2.24, 2.45) is 38.8 Å². The van der Waals surface area contributed by atoms with Crippen molar-refractivity contribution < 1.29 is 33.6 Å². The number of amides is 7. The van der Waals surface area contributed by atoms with Crippen molar-refractivity contribution in [1.29, 1.82) is 0 Å². The zero-order valence-electron chi connectivity index (χ0n) is 41.8. The minimum atomic E-state index is -1.08. The number of hydrogen-bond donors (Lipinski definition) is 10. The monoisotopic (exact) mass is 1000 g/mol. The summed E-state index contributed by atoms with van der Waals surface area (Å²) in [5, 5.41) is 16.2. The maximum atomic E-state index is 13.9. The first-order chi connectivity index (χ1) is 34.6. The van der Waals surface area contributed by atoms with Crippen LogP contribution >= 0.6 is 0 Å². The number of hydrogen-bond acceptors (Lipinski definition) is 13. The molecule has 3 heterocycles. The summed E-state index contributed by atoms with van der Waals surface area (Å²) < 4.78 is 0. The largest absolute Gasteiger partial charge is 0.370 e. The molecule has 2 saturated heterocycles. The molecule has 3 atom stereocenters. The Morgan fingerprint density at radius 1 is 0.708 bits per heavy atom. The van der Waals surface area contributed by atoms with Gasteiger partial charge in [0, 0.05) is 59.3 Å². The van der Waals surface area contributed by atoms with Gasteiger partial charge in [-0.25, -0.2) is 0 Å². The second kappa shape index (κ2) is 29.0. The molecule has 23 heteroatoms. The van der Waals surface area contributed by atoms with E-state index in [1.54, 1.807) is 11.0 Å². The topological polar surface area (TPSA) is 333 Å². The van der Waals surface area contributed by atoms with Gasteiger partial charge in [-0.2, -0.15) is 0 Å². The molecule has 2 fully saturated rings. The molecule has 23 nitrogen and oxygen atoms in total. The van der Waals surface area contributed by atoms with E-state index >= 15 is 0 Å². The van der Waals surface area contributed by atoms with Crippen LogP contribution in [0.5, 0.6) is 0 Å². The third-order valence-corrected chi connectivity index (χ3v) is 13.1. The predicted octanol–water partition coefficient (Wildman–Crippen LogP) is -0.749. The number of benzene rings is 2. The van der Waals surface area contributed by atoms with Crippen molar-refractivity contribution in [3.05, 3.63) is 54.1 Å². The quantitative estimate of drug-likeness (QED) is 0.0315. The molecule has 3 aliphatic heterocycles. The predicted molar refractivity (Wildman–Crippen MR) is 277 cm³/mol. The molecule has 14 N–H and O–H groups in total. The molecule has 0 aromatic heterocycles. The number of unbranched alkanes of at least 4 members (excludes halogenated alkanes) is 1. The average molecular weight is 1000 g/mol. The van der Waals surface area contributed by atoms with Crippen LogP contribution in [0.3, 0.4) is 0 Å². The van der Waals surface area contributed by atoms with Crippen LogP contribution in [-0.2, 0) is 28.8 Å². The summed E-state index contributed by atoms with van der Waals surface area (Å²) in [4.78, 5) is 107.